The quantitative estimate of drug-likeness (QED) is 0.436. The highest BCUT2D eigenvalue weighted by atomic mass is 28.4. The van der Waals surface area contributed by atoms with E-state index in [4.69, 9.17) is 18.6 Å². The number of hydrogen-bond donors (Lipinski definition) is 1. The van der Waals surface area contributed by atoms with Crippen molar-refractivity contribution in [2.45, 2.75) is 83.3 Å². The van der Waals surface area contributed by atoms with Gasteiger partial charge in [-0.05, 0) is 42.4 Å². The molecule has 5 nitrogen and oxygen atoms in total. The second kappa shape index (κ2) is 10.7. The number of benzene rings is 1. The molecule has 0 bridgehead atoms. The van der Waals surface area contributed by atoms with E-state index in [9.17, 15) is 5.11 Å². The molecule has 0 amide bonds. The zero-order valence-electron chi connectivity index (χ0n) is 21.3. The van der Waals surface area contributed by atoms with Gasteiger partial charge in [-0.2, -0.15) is 0 Å². The molecule has 1 saturated heterocycles. The Balaban J connectivity index is 2.13. The van der Waals surface area contributed by atoms with Gasteiger partial charge in [0.1, 0.15) is 19.6 Å². The van der Waals surface area contributed by atoms with E-state index >= 15 is 0 Å². The molecule has 1 aromatic carbocycles. The fourth-order valence-electron chi connectivity index (χ4n) is 3.18. The minimum Gasteiger partial charge on any atom is -0.497 e. The van der Waals surface area contributed by atoms with E-state index in [1.165, 1.54) is 0 Å². The molecule has 1 aromatic rings. The lowest BCUT2D eigenvalue weighted by molar-refractivity contribution is -0.149. The zero-order valence-corrected chi connectivity index (χ0v) is 23.3. The van der Waals surface area contributed by atoms with E-state index in [-0.39, 0.29) is 17.1 Å². The number of methoxy groups -OCH3 is 1. The molecule has 4 atom stereocenters. The minimum absolute atomic E-state index is 0.0355. The van der Waals surface area contributed by atoms with Gasteiger partial charge in [0.25, 0.3) is 0 Å². The van der Waals surface area contributed by atoms with Crippen molar-refractivity contribution in [1.82, 2.24) is 0 Å². The van der Waals surface area contributed by atoms with Crippen molar-refractivity contribution in [3.63, 3.8) is 0 Å². The van der Waals surface area contributed by atoms with Crippen LogP contribution in [0, 0.1) is 17.4 Å². The SMILES string of the molecule is COc1ccc(OCC[C@@H]2OC[C@H](C#C[Si](C)(C)C)[C@@H](O)[C@H]2O[Si](C)(C)C(C)(C)C)cc1. The zero-order chi connectivity index (χ0) is 24.2. The second-order valence-corrected chi connectivity index (χ2v) is 20.6. The molecule has 1 heterocycles. The maximum absolute atomic E-state index is 11.3. The molecule has 0 radical (unpaired) electrons. The molecule has 0 spiro atoms. The van der Waals surface area contributed by atoms with Gasteiger partial charge in [0.2, 0.25) is 0 Å². The normalized spacial score (nSPS) is 24.4. The van der Waals surface area contributed by atoms with Gasteiger partial charge in [0.15, 0.2) is 8.32 Å². The standard InChI is InChI=1S/C25H42O5Si2/c1-25(2,3)32(8,9)30-24-22(14-16-28-21-12-10-20(27-4)11-13-21)29-18-19(23(24)26)15-17-31(5,6)7/h10-13,19,22-24,26H,14,16,18H2,1-9H3/t19-,22-,23+,24-/m0/s1. The lowest BCUT2D eigenvalue weighted by Crippen LogP contribution is -2.57. The maximum Gasteiger partial charge on any atom is 0.192 e. The third-order valence-corrected chi connectivity index (χ3v) is 11.6. The molecule has 1 fully saturated rings. The smallest absolute Gasteiger partial charge is 0.192 e. The molecule has 0 saturated carbocycles. The summed E-state index contributed by atoms with van der Waals surface area (Å²) in [5, 5.41) is 11.3. The van der Waals surface area contributed by atoms with E-state index in [0.717, 1.165) is 11.5 Å². The Morgan fingerprint density at radius 2 is 1.66 bits per heavy atom. The van der Waals surface area contributed by atoms with Crippen molar-refractivity contribution < 1.29 is 23.7 Å². The first kappa shape index (κ1) is 26.9. The summed E-state index contributed by atoms with van der Waals surface area (Å²) in [6.45, 7) is 18.6. The van der Waals surface area contributed by atoms with Crippen LogP contribution in [0.15, 0.2) is 24.3 Å². The minimum atomic E-state index is -2.11. The average Bonchev–Trinajstić information content (AvgIpc) is 2.68. The lowest BCUT2D eigenvalue weighted by Gasteiger charge is -2.46. The Morgan fingerprint density at radius 3 is 2.19 bits per heavy atom. The third kappa shape index (κ3) is 7.63. The lowest BCUT2D eigenvalue weighted by atomic mass is 9.92. The number of ether oxygens (including phenoxy) is 3. The summed E-state index contributed by atoms with van der Waals surface area (Å²) in [6.07, 6.45) is -0.684. The fourth-order valence-corrected chi connectivity index (χ4v) is 5.12. The van der Waals surface area contributed by atoms with Crippen LogP contribution >= 0.6 is 0 Å². The van der Waals surface area contributed by atoms with Crippen molar-refractivity contribution in [3.05, 3.63) is 24.3 Å². The second-order valence-electron chi connectivity index (χ2n) is 11.1. The molecule has 7 heteroatoms. The van der Waals surface area contributed by atoms with E-state index < -0.39 is 28.6 Å². The molecular formula is C25H42O5Si2. The van der Waals surface area contributed by atoms with Gasteiger partial charge in [0.05, 0.1) is 44.6 Å². The van der Waals surface area contributed by atoms with E-state index in [1.54, 1.807) is 7.11 Å². The van der Waals surface area contributed by atoms with Gasteiger partial charge in [0, 0.05) is 6.42 Å². The van der Waals surface area contributed by atoms with Crippen LogP contribution in [-0.4, -0.2) is 60.1 Å². The summed E-state index contributed by atoms with van der Waals surface area (Å²) in [5.41, 5.74) is 3.39. The third-order valence-electron chi connectivity index (χ3n) is 6.21. The fraction of sp³-hybridized carbons (Fsp3) is 0.680. The van der Waals surface area contributed by atoms with Crippen LogP contribution in [0.1, 0.15) is 27.2 Å². The highest BCUT2D eigenvalue weighted by Crippen LogP contribution is 2.39. The molecular weight excluding hydrogens is 436 g/mol. The maximum atomic E-state index is 11.3. The topological polar surface area (TPSA) is 57.2 Å². The monoisotopic (exact) mass is 478 g/mol. The Kier molecular flexibility index (Phi) is 9.05. The van der Waals surface area contributed by atoms with Crippen molar-refractivity contribution >= 4 is 16.4 Å². The summed E-state index contributed by atoms with van der Waals surface area (Å²) >= 11 is 0. The van der Waals surface area contributed by atoms with Crippen LogP contribution < -0.4 is 9.47 Å². The van der Waals surface area contributed by atoms with Crippen LogP contribution in [0.25, 0.3) is 0 Å². The van der Waals surface area contributed by atoms with E-state index in [2.05, 4.69) is 65.0 Å². The summed E-state index contributed by atoms with van der Waals surface area (Å²) in [7, 11) is -2.01. The van der Waals surface area contributed by atoms with Gasteiger partial charge in [-0.3, -0.25) is 0 Å². The summed E-state index contributed by atoms with van der Waals surface area (Å²) < 4.78 is 24.0. The van der Waals surface area contributed by atoms with Gasteiger partial charge in [-0.1, -0.05) is 40.4 Å². The van der Waals surface area contributed by atoms with Gasteiger partial charge < -0.3 is 23.7 Å². The summed E-state index contributed by atoms with van der Waals surface area (Å²) in [6, 6.07) is 7.53. The van der Waals surface area contributed by atoms with Gasteiger partial charge in [-0.25, -0.2) is 0 Å². The van der Waals surface area contributed by atoms with Crippen LogP contribution in [0.2, 0.25) is 37.8 Å². The molecule has 180 valence electrons. The number of aliphatic hydroxyl groups excluding tert-OH is 1. The molecule has 32 heavy (non-hydrogen) atoms. The van der Waals surface area contributed by atoms with Gasteiger partial charge >= 0.3 is 0 Å². The largest absolute Gasteiger partial charge is 0.497 e. The predicted octanol–water partition coefficient (Wildman–Crippen LogP) is 5.11. The molecule has 1 aliphatic rings. The Labute approximate surface area is 196 Å². The Bertz CT molecular complexity index is 784. The highest BCUT2D eigenvalue weighted by molar-refractivity contribution is 6.83. The van der Waals surface area contributed by atoms with E-state index in [1.807, 2.05) is 24.3 Å². The van der Waals surface area contributed by atoms with Crippen molar-refractivity contribution in [1.29, 1.82) is 0 Å². The summed E-state index contributed by atoms with van der Waals surface area (Å²) in [5.74, 6) is 4.66. The molecule has 2 rings (SSSR count). The number of aliphatic hydroxyl groups is 1. The predicted molar refractivity (Wildman–Crippen MR) is 136 cm³/mol. The van der Waals surface area contributed by atoms with E-state index in [0.29, 0.717) is 19.6 Å². The Morgan fingerprint density at radius 1 is 1.06 bits per heavy atom. The Hall–Kier alpha value is -1.31. The first-order valence-electron chi connectivity index (χ1n) is 11.5. The van der Waals surface area contributed by atoms with Crippen LogP contribution in [0.3, 0.4) is 0 Å². The molecule has 1 aliphatic heterocycles. The first-order valence-corrected chi connectivity index (χ1v) is 17.9. The van der Waals surface area contributed by atoms with Crippen LogP contribution in [0.5, 0.6) is 11.5 Å². The van der Waals surface area contributed by atoms with Gasteiger partial charge in [-0.15, -0.1) is 11.5 Å². The van der Waals surface area contributed by atoms with Crippen LogP contribution in [0.4, 0.5) is 0 Å². The summed E-state index contributed by atoms with van der Waals surface area (Å²) in [4.78, 5) is 0. The first-order chi connectivity index (χ1) is 14.7. The van der Waals surface area contributed by atoms with Crippen LogP contribution in [-0.2, 0) is 9.16 Å². The van der Waals surface area contributed by atoms with Crippen molar-refractivity contribution in [2.24, 2.45) is 5.92 Å². The number of hydrogen-bond acceptors (Lipinski definition) is 5. The van der Waals surface area contributed by atoms with Crippen molar-refractivity contribution in [2.75, 3.05) is 20.3 Å². The molecule has 0 aromatic heterocycles. The molecule has 0 aliphatic carbocycles. The molecule has 0 unspecified atom stereocenters. The number of rotatable bonds is 7. The molecule has 1 N–H and O–H groups in total. The average molecular weight is 479 g/mol. The van der Waals surface area contributed by atoms with Crippen molar-refractivity contribution in [3.8, 4) is 23.0 Å². The highest BCUT2D eigenvalue weighted by Gasteiger charge is 2.46.